The van der Waals surface area contributed by atoms with E-state index in [0.717, 1.165) is 38.5 Å². The Bertz CT molecular complexity index is 770. The lowest BCUT2D eigenvalue weighted by Crippen LogP contribution is -2.40. The summed E-state index contributed by atoms with van der Waals surface area (Å²) < 4.78 is 22.6. The van der Waals surface area contributed by atoms with Gasteiger partial charge in [-0.3, -0.25) is 9.59 Å². The van der Waals surface area contributed by atoms with Crippen LogP contribution < -0.4 is 0 Å². The van der Waals surface area contributed by atoms with Crippen molar-refractivity contribution in [3.63, 3.8) is 0 Å². The van der Waals surface area contributed by atoms with E-state index >= 15 is 0 Å². The van der Waals surface area contributed by atoms with Crippen molar-refractivity contribution in [2.75, 3.05) is 47.5 Å². The lowest BCUT2D eigenvalue weighted by atomic mass is 10.0. The van der Waals surface area contributed by atoms with Crippen molar-refractivity contribution in [2.24, 2.45) is 0 Å². The minimum Gasteiger partial charge on any atom is -0.477 e. The van der Waals surface area contributed by atoms with E-state index in [4.69, 9.17) is 18.9 Å². The molecular weight excluding hydrogens is 610 g/mol. The molecule has 284 valence electrons. The number of carbonyl (C=O) groups excluding carboxylic acids is 2. The molecule has 9 heteroatoms. The SMILES string of the molecule is CCCCCCCCCCCCCCC(=O)OC(COC(=O)CCCCCCCCCCCCC)COC(OCC[N+](C)(C)C)C(=O)O. The maximum absolute atomic E-state index is 12.7. The van der Waals surface area contributed by atoms with E-state index in [2.05, 4.69) is 13.8 Å². The van der Waals surface area contributed by atoms with Gasteiger partial charge >= 0.3 is 17.9 Å². The van der Waals surface area contributed by atoms with Crippen molar-refractivity contribution in [2.45, 2.75) is 187 Å². The summed E-state index contributed by atoms with van der Waals surface area (Å²) in [4.78, 5) is 36.8. The van der Waals surface area contributed by atoms with E-state index in [1.165, 1.54) is 109 Å². The van der Waals surface area contributed by atoms with Gasteiger partial charge in [0.1, 0.15) is 13.2 Å². The summed E-state index contributed by atoms with van der Waals surface area (Å²) in [6.07, 6.45) is 25.8. The predicted molar refractivity (Wildman–Crippen MR) is 194 cm³/mol. The van der Waals surface area contributed by atoms with Crippen LogP contribution in [0.2, 0.25) is 0 Å². The molecule has 0 radical (unpaired) electrons. The summed E-state index contributed by atoms with van der Waals surface area (Å²) in [6.45, 7) is 4.86. The minimum absolute atomic E-state index is 0.174. The zero-order valence-electron chi connectivity index (χ0n) is 31.9. The van der Waals surface area contributed by atoms with Gasteiger partial charge < -0.3 is 28.5 Å². The number of ether oxygens (including phenoxy) is 4. The molecule has 0 heterocycles. The smallest absolute Gasteiger partial charge is 0.361 e. The summed E-state index contributed by atoms with van der Waals surface area (Å²) in [5.74, 6) is -2.00. The van der Waals surface area contributed by atoms with E-state index in [9.17, 15) is 19.5 Å². The number of likely N-dealkylation sites (N-methyl/N-ethyl adjacent to an activating group) is 1. The Morgan fingerprint density at radius 3 is 1.33 bits per heavy atom. The Hall–Kier alpha value is -1.71. The third kappa shape index (κ3) is 32.8. The van der Waals surface area contributed by atoms with Crippen molar-refractivity contribution in [3.05, 3.63) is 0 Å². The number of carboxylic acid groups (broad SMARTS) is 1. The molecule has 0 aromatic carbocycles. The molecule has 2 unspecified atom stereocenters. The fraction of sp³-hybridized carbons (Fsp3) is 0.923. The van der Waals surface area contributed by atoms with E-state index in [-0.39, 0.29) is 32.2 Å². The highest BCUT2D eigenvalue weighted by molar-refractivity contribution is 5.71. The van der Waals surface area contributed by atoms with Crippen LogP contribution in [0.4, 0.5) is 0 Å². The Kier molecular flexibility index (Phi) is 31.3. The number of aliphatic carboxylic acids is 1. The lowest BCUT2D eigenvalue weighted by Gasteiger charge is -2.25. The van der Waals surface area contributed by atoms with E-state index in [1.807, 2.05) is 21.1 Å². The largest absolute Gasteiger partial charge is 0.477 e. The first-order chi connectivity index (χ1) is 23.1. The quantitative estimate of drug-likeness (QED) is 0.0301. The fourth-order valence-electron chi connectivity index (χ4n) is 5.48. The maximum Gasteiger partial charge on any atom is 0.361 e. The zero-order chi connectivity index (χ0) is 35.7. The second kappa shape index (κ2) is 32.5. The molecule has 48 heavy (non-hydrogen) atoms. The van der Waals surface area contributed by atoms with Crippen LogP contribution in [0.15, 0.2) is 0 Å². The first kappa shape index (κ1) is 46.3. The third-order valence-electron chi connectivity index (χ3n) is 8.61. The molecule has 0 aliphatic heterocycles. The van der Waals surface area contributed by atoms with Crippen LogP contribution in [-0.2, 0) is 33.3 Å². The van der Waals surface area contributed by atoms with E-state index in [0.29, 0.717) is 17.4 Å². The van der Waals surface area contributed by atoms with Crippen LogP contribution in [0.3, 0.4) is 0 Å². The van der Waals surface area contributed by atoms with Crippen LogP contribution >= 0.6 is 0 Å². The molecule has 0 amide bonds. The maximum atomic E-state index is 12.7. The van der Waals surface area contributed by atoms with Gasteiger partial charge in [-0.25, -0.2) is 4.79 Å². The molecule has 0 spiro atoms. The molecule has 0 fully saturated rings. The molecule has 0 aromatic heterocycles. The van der Waals surface area contributed by atoms with Gasteiger partial charge in [-0.2, -0.15) is 0 Å². The topological polar surface area (TPSA) is 108 Å². The zero-order valence-corrected chi connectivity index (χ0v) is 31.9. The lowest BCUT2D eigenvalue weighted by molar-refractivity contribution is -0.870. The normalized spacial score (nSPS) is 12.9. The fourth-order valence-corrected chi connectivity index (χ4v) is 5.48. The molecule has 0 aliphatic carbocycles. The van der Waals surface area contributed by atoms with Crippen LogP contribution in [0.5, 0.6) is 0 Å². The Morgan fingerprint density at radius 1 is 0.542 bits per heavy atom. The summed E-state index contributed by atoms with van der Waals surface area (Å²) in [5, 5.41) is 9.58. The highest BCUT2D eigenvalue weighted by atomic mass is 16.7. The first-order valence-electron chi connectivity index (χ1n) is 19.7. The number of quaternary nitrogens is 1. The monoisotopic (exact) mass is 687 g/mol. The number of hydrogen-bond donors (Lipinski definition) is 1. The molecule has 0 aromatic rings. The van der Waals surface area contributed by atoms with Gasteiger partial charge in [-0.15, -0.1) is 0 Å². The van der Waals surface area contributed by atoms with Gasteiger partial charge in [0.2, 0.25) is 0 Å². The van der Waals surface area contributed by atoms with Crippen LogP contribution in [-0.4, -0.2) is 87.4 Å². The number of nitrogens with zero attached hydrogens (tertiary/aromatic N) is 1. The molecule has 0 saturated carbocycles. The second-order valence-electron chi connectivity index (χ2n) is 14.6. The predicted octanol–water partition coefficient (Wildman–Crippen LogP) is 9.38. The standard InChI is InChI=1S/C39H75NO8/c1-6-8-10-12-14-16-18-20-22-24-26-28-30-37(42)48-35(34-47-39(38(43)44)45-32-31-40(3,4)5)33-46-36(41)29-27-25-23-21-19-17-15-13-11-9-7-2/h35,39H,6-34H2,1-5H3/p+1. The van der Waals surface area contributed by atoms with Crippen LogP contribution in [0, 0.1) is 0 Å². The average Bonchev–Trinajstić information content (AvgIpc) is 3.03. The summed E-state index contributed by atoms with van der Waals surface area (Å²) in [7, 11) is 5.95. The third-order valence-corrected chi connectivity index (χ3v) is 8.61. The Labute approximate surface area is 294 Å². The van der Waals surface area contributed by atoms with Crippen molar-refractivity contribution < 1.29 is 42.9 Å². The first-order valence-corrected chi connectivity index (χ1v) is 19.7. The molecule has 0 bridgehead atoms. The van der Waals surface area contributed by atoms with Crippen LogP contribution in [0.25, 0.3) is 0 Å². The van der Waals surface area contributed by atoms with Crippen molar-refractivity contribution in [3.8, 4) is 0 Å². The molecule has 2 atom stereocenters. The molecule has 0 saturated heterocycles. The van der Waals surface area contributed by atoms with Gasteiger partial charge in [0.05, 0.1) is 34.4 Å². The average molecular weight is 687 g/mol. The summed E-state index contributed by atoms with van der Waals surface area (Å²) in [5.41, 5.74) is 0. The Balaban J connectivity index is 4.51. The summed E-state index contributed by atoms with van der Waals surface area (Å²) >= 11 is 0. The van der Waals surface area contributed by atoms with Gasteiger partial charge in [-0.05, 0) is 12.8 Å². The van der Waals surface area contributed by atoms with Gasteiger partial charge in [0.25, 0.3) is 6.29 Å². The van der Waals surface area contributed by atoms with Crippen LogP contribution in [0.1, 0.15) is 174 Å². The number of rotatable bonds is 36. The highest BCUT2D eigenvalue weighted by Gasteiger charge is 2.25. The summed E-state index contributed by atoms with van der Waals surface area (Å²) in [6, 6.07) is 0. The van der Waals surface area contributed by atoms with Gasteiger partial charge in [-0.1, -0.05) is 149 Å². The Morgan fingerprint density at radius 2 is 0.938 bits per heavy atom. The van der Waals surface area contributed by atoms with Crippen molar-refractivity contribution in [1.82, 2.24) is 0 Å². The number of esters is 2. The number of carbonyl (C=O) groups is 3. The second-order valence-corrected chi connectivity index (χ2v) is 14.6. The minimum atomic E-state index is -1.50. The van der Waals surface area contributed by atoms with E-state index in [1.54, 1.807) is 0 Å². The molecule has 0 rings (SSSR count). The molecular formula is C39H76NO8+. The van der Waals surface area contributed by atoms with E-state index < -0.39 is 24.3 Å². The molecule has 1 N–H and O–H groups in total. The van der Waals surface area contributed by atoms with Gasteiger partial charge in [0, 0.05) is 12.8 Å². The van der Waals surface area contributed by atoms with Crippen molar-refractivity contribution >= 4 is 17.9 Å². The highest BCUT2D eigenvalue weighted by Crippen LogP contribution is 2.15. The number of carboxylic acids is 1. The number of unbranched alkanes of at least 4 members (excludes halogenated alkanes) is 21. The van der Waals surface area contributed by atoms with Crippen molar-refractivity contribution in [1.29, 1.82) is 0 Å². The molecule has 0 aliphatic rings. The molecule has 9 nitrogen and oxygen atoms in total. The van der Waals surface area contributed by atoms with Gasteiger partial charge in [0.15, 0.2) is 6.10 Å². The number of hydrogen-bond acceptors (Lipinski definition) is 7.